The molecule has 0 aromatic carbocycles. The Bertz CT molecular complexity index is 185. The molecule has 1 heteroatoms. The maximum absolute atomic E-state index is 7.22. The number of hydrogen-bond donors (Lipinski definition) is 1. The molecule has 0 aliphatic heterocycles. The lowest BCUT2D eigenvalue weighted by molar-refractivity contribution is 1.48. The fourth-order valence-corrected chi connectivity index (χ4v) is 0.615. The fraction of sp³-hybridized carbons (Fsp3) is 0.222. The van der Waals surface area contributed by atoms with Gasteiger partial charge in [-0.3, -0.25) is 0 Å². The molecular weight excluding hydrogens is 122 g/mol. The summed E-state index contributed by atoms with van der Waals surface area (Å²) in [4.78, 5) is 0. The Morgan fingerprint density at radius 2 is 2.10 bits per heavy atom. The molecule has 0 aliphatic rings. The summed E-state index contributed by atoms with van der Waals surface area (Å²) in [7, 11) is 0. The highest BCUT2D eigenvalue weighted by Gasteiger charge is 1.82. The smallest absolute Gasteiger partial charge is 0.0536 e. The molecule has 0 aromatic rings. The van der Waals surface area contributed by atoms with Gasteiger partial charge in [0.2, 0.25) is 0 Å². The molecule has 10 heavy (non-hydrogen) atoms. The van der Waals surface area contributed by atoms with Crippen molar-refractivity contribution in [2.75, 3.05) is 0 Å². The van der Waals surface area contributed by atoms with Crippen LogP contribution in [-0.2, 0) is 0 Å². The highest BCUT2D eigenvalue weighted by molar-refractivity contribution is 6.01. The maximum Gasteiger partial charge on any atom is 0.0536 e. The van der Waals surface area contributed by atoms with E-state index in [2.05, 4.69) is 6.58 Å². The van der Waals surface area contributed by atoms with E-state index in [-0.39, 0.29) is 0 Å². The highest BCUT2D eigenvalue weighted by atomic mass is 14.4. The molecule has 0 aromatic heterocycles. The Hall–Kier alpha value is -1.11. The zero-order valence-corrected chi connectivity index (χ0v) is 6.52. The Morgan fingerprint density at radius 1 is 1.50 bits per heavy atom. The van der Waals surface area contributed by atoms with Gasteiger partial charge in [0.15, 0.2) is 0 Å². The van der Waals surface area contributed by atoms with Crippen LogP contribution in [0.3, 0.4) is 0 Å². The van der Waals surface area contributed by atoms with Crippen LogP contribution in [0.5, 0.6) is 0 Å². The van der Waals surface area contributed by atoms with E-state index in [1.807, 2.05) is 26.0 Å². The predicted octanol–water partition coefficient (Wildman–Crippen LogP) is 2.71. The molecule has 54 valence electrons. The summed E-state index contributed by atoms with van der Waals surface area (Å²) in [5.41, 5.74) is 1.53. The Kier molecular flexibility index (Phi) is 4.21. The van der Waals surface area contributed by atoms with Gasteiger partial charge in [-0.1, -0.05) is 18.7 Å². The first kappa shape index (κ1) is 8.89. The van der Waals surface area contributed by atoms with Gasteiger partial charge in [0, 0.05) is 0 Å². The van der Waals surface area contributed by atoms with Gasteiger partial charge in [-0.25, -0.2) is 0 Å². The minimum Gasteiger partial charge on any atom is -0.301 e. The molecule has 1 nitrogen and oxygen atoms in total. The molecular formula is C9H13N. The van der Waals surface area contributed by atoms with Crippen LogP contribution >= 0.6 is 0 Å². The van der Waals surface area contributed by atoms with Gasteiger partial charge >= 0.3 is 0 Å². The first-order chi connectivity index (χ1) is 4.70. The third-order valence-electron chi connectivity index (χ3n) is 1.03. The molecule has 0 saturated carbocycles. The van der Waals surface area contributed by atoms with Gasteiger partial charge in [0.05, 0.1) is 5.71 Å². The van der Waals surface area contributed by atoms with E-state index in [0.29, 0.717) is 5.71 Å². The zero-order chi connectivity index (χ0) is 7.98. The van der Waals surface area contributed by atoms with Gasteiger partial charge < -0.3 is 5.41 Å². The second-order valence-corrected chi connectivity index (χ2v) is 2.05. The standard InChI is InChI=1S/C9H13N/c1-4-6-8(3)7-9(10)5-2/h4-7,10H,2H2,1,3H3/b6-4-,8-7-,10-9?. The van der Waals surface area contributed by atoms with Gasteiger partial charge in [-0.2, -0.15) is 0 Å². The molecule has 0 saturated heterocycles. The van der Waals surface area contributed by atoms with Gasteiger partial charge in [0.25, 0.3) is 0 Å². The monoisotopic (exact) mass is 135 g/mol. The molecule has 0 rings (SSSR count). The van der Waals surface area contributed by atoms with Crippen molar-refractivity contribution in [1.29, 1.82) is 5.41 Å². The van der Waals surface area contributed by atoms with Crippen LogP contribution in [0.25, 0.3) is 0 Å². The first-order valence-electron chi connectivity index (χ1n) is 3.22. The van der Waals surface area contributed by atoms with Crippen LogP contribution < -0.4 is 0 Å². The van der Waals surface area contributed by atoms with E-state index >= 15 is 0 Å². The summed E-state index contributed by atoms with van der Waals surface area (Å²) in [6, 6.07) is 0. The second kappa shape index (κ2) is 4.74. The molecule has 1 N–H and O–H groups in total. The summed E-state index contributed by atoms with van der Waals surface area (Å²) < 4.78 is 0. The third kappa shape index (κ3) is 3.84. The molecule has 0 fully saturated rings. The molecule has 0 spiro atoms. The number of hydrogen-bond acceptors (Lipinski definition) is 1. The second-order valence-electron chi connectivity index (χ2n) is 2.05. The van der Waals surface area contributed by atoms with E-state index < -0.39 is 0 Å². The molecule has 0 unspecified atom stereocenters. The van der Waals surface area contributed by atoms with E-state index in [1.54, 1.807) is 6.08 Å². The number of nitrogens with one attached hydrogen (secondary N) is 1. The van der Waals surface area contributed by atoms with Crippen molar-refractivity contribution in [3.05, 3.63) is 36.5 Å². The van der Waals surface area contributed by atoms with E-state index in [0.717, 1.165) is 5.57 Å². The summed E-state index contributed by atoms with van der Waals surface area (Å²) in [5, 5.41) is 7.22. The quantitative estimate of drug-likeness (QED) is 0.454. The maximum atomic E-state index is 7.22. The van der Waals surface area contributed by atoms with Crippen LogP contribution in [0.15, 0.2) is 36.5 Å². The summed E-state index contributed by atoms with van der Waals surface area (Å²) in [6.45, 7) is 7.39. The van der Waals surface area contributed by atoms with Crippen molar-refractivity contribution in [3.8, 4) is 0 Å². The highest BCUT2D eigenvalue weighted by Crippen LogP contribution is 1.94. The van der Waals surface area contributed by atoms with Gasteiger partial charge in [0.1, 0.15) is 0 Å². The first-order valence-corrected chi connectivity index (χ1v) is 3.22. The topological polar surface area (TPSA) is 23.9 Å². The minimum absolute atomic E-state index is 0.454. The number of rotatable bonds is 3. The molecule has 0 amide bonds. The molecule has 0 atom stereocenters. The molecule has 0 radical (unpaired) electrons. The van der Waals surface area contributed by atoms with Crippen LogP contribution in [0, 0.1) is 5.41 Å². The van der Waals surface area contributed by atoms with Crippen molar-refractivity contribution in [2.45, 2.75) is 13.8 Å². The minimum atomic E-state index is 0.454. The Labute approximate surface area is 62.3 Å². The molecule has 0 heterocycles. The summed E-state index contributed by atoms with van der Waals surface area (Å²) in [6.07, 6.45) is 7.19. The van der Waals surface area contributed by atoms with E-state index in [9.17, 15) is 0 Å². The Morgan fingerprint density at radius 3 is 2.50 bits per heavy atom. The average Bonchev–Trinajstić information content (AvgIpc) is 1.88. The van der Waals surface area contributed by atoms with Crippen molar-refractivity contribution in [1.82, 2.24) is 0 Å². The zero-order valence-electron chi connectivity index (χ0n) is 6.52. The van der Waals surface area contributed by atoms with E-state index in [4.69, 9.17) is 5.41 Å². The molecule has 0 bridgehead atoms. The third-order valence-corrected chi connectivity index (χ3v) is 1.03. The van der Waals surface area contributed by atoms with Gasteiger partial charge in [-0.15, -0.1) is 0 Å². The lowest BCUT2D eigenvalue weighted by Crippen LogP contribution is -1.83. The lowest BCUT2D eigenvalue weighted by atomic mass is 10.2. The van der Waals surface area contributed by atoms with E-state index in [1.165, 1.54) is 6.08 Å². The summed E-state index contributed by atoms with van der Waals surface area (Å²) >= 11 is 0. The SMILES string of the molecule is C=CC(=N)/C=C(C)\C=C/C. The van der Waals surface area contributed by atoms with Crippen molar-refractivity contribution in [2.24, 2.45) is 0 Å². The largest absolute Gasteiger partial charge is 0.301 e. The van der Waals surface area contributed by atoms with Crippen molar-refractivity contribution >= 4 is 5.71 Å². The van der Waals surface area contributed by atoms with Crippen LogP contribution in [0.1, 0.15) is 13.8 Å². The predicted molar refractivity (Wildman–Crippen MR) is 46.5 cm³/mol. The average molecular weight is 135 g/mol. The van der Waals surface area contributed by atoms with Crippen LogP contribution in [-0.4, -0.2) is 5.71 Å². The molecule has 0 aliphatic carbocycles. The normalized spacial score (nSPS) is 12.0. The van der Waals surface area contributed by atoms with Crippen LogP contribution in [0.2, 0.25) is 0 Å². The fourth-order valence-electron chi connectivity index (χ4n) is 0.615. The Balaban J connectivity index is 4.15. The van der Waals surface area contributed by atoms with Crippen molar-refractivity contribution in [3.63, 3.8) is 0 Å². The number of allylic oxidation sites excluding steroid dienone is 5. The van der Waals surface area contributed by atoms with Crippen LogP contribution in [0.4, 0.5) is 0 Å². The van der Waals surface area contributed by atoms with Gasteiger partial charge in [-0.05, 0) is 31.6 Å². The van der Waals surface area contributed by atoms with Crippen molar-refractivity contribution < 1.29 is 0 Å². The summed E-state index contributed by atoms with van der Waals surface area (Å²) in [5.74, 6) is 0. The lowest BCUT2D eigenvalue weighted by Gasteiger charge is -1.89.